The Morgan fingerprint density at radius 3 is 2.05 bits per heavy atom. The molecule has 22 heavy (non-hydrogen) atoms. The molecule has 1 N–H and O–H groups in total. The van der Waals surface area contributed by atoms with Gasteiger partial charge in [0, 0.05) is 38.5 Å². The highest BCUT2D eigenvalue weighted by atomic mass is 28.4. The number of nitrogens with zero attached hydrogens (tertiary/aromatic N) is 1. The number of hydrogen-bond acceptors (Lipinski definition) is 5. The topological polar surface area (TPSA) is 43.0 Å². The minimum absolute atomic E-state index is 0.666. The van der Waals surface area contributed by atoms with Crippen molar-refractivity contribution in [2.45, 2.75) is 52.1 Å². The highest BCUT2D eigenvalue weighted by molar-refractivity contribution is 6.60. The van der Waals surface area contributed by atoms with E-state index in [1.165, 1.54) is 32.5 Å². The Balaban J connectivity index is 1.72. The average molecular weight is 331 g/mol. The Kier molecular flexibility index (Phi) is 7.80. The standard InChI is InChI=1S/C16H34N2O3Si/c1-4-19-22(20-5-2,21-6-3)13-7-10-17-16-14-18-11-8-15(16)9-12-18/h15-17H,4-14H2,1-3H3/t16-/m1/s1. The Morgan fingerprint density at radius 1 is 1.00 bits per heavy atom. The highest BCUT2D eigenvalue weighted by Gasteiger charge is 2.40. The van der Waals surface area contributed by atoms with Crippen LogP contribution in [0.2, 0.25) is 6.04 Å². The van der Waals surface area contributed by atoms with E-state index in [1.807, 2.05) is 20.8 Å². The van der Waals surface area contributed by atoms with Gasteiger partial charge >= 0.3 is 8.80 Å². The number of piperidine rings is 3. The predicted molar refractivity (Wildman–Crippen MR) is 91.0 cm³/mol. The van der Waals surface area contributed by atoms with Crippen molar-refractivity contribution in [1.29, 1.82) is 0 Å². The summed E-state index contributed by atoms with van der Waals surface area (Å²) < 4.78 is 17.7. The quantitative estimate of drug-likeness (QED) is 0.464. The van der Waals surface area contributed by atoms with E-state index < -0.39 is 8.80 Å². The first-order valence-corrected chi connectivity index (χ1v) is 11.0. The van der Waals surface area contributed by atoms with Gasteiger partial charge in [-0.05, 0) is 65.6 Å². The van der Waals surface area contributed by atoms with Gasteiger partial charge in [-0.15, -0.1) is 0 Å². The molecule has 0 aromatic rings. The maximum Gasteiger partial charge on any atom is 0.500 e. The van der Waals surface area contributed by atoms with Crippen LogP contribution in [0.4, 0.5) is 0 Å². The van der Waals surface area contributed by atoms with Gasteiger partial charge in [0.1, 0.15) is 0 Å². The fourth-order valence-corrected chi connectivity index (χ4v) is 6.40. The lowest BCUT2D eigenvalue weighted by molar-refractivity contribution is 0.0669. The second-order valence-corrected chi connectivity index (χ2v) is 9.02. The molecule has 5 nitrogen and oxygen atoms in total. The van der Waals surface area contributed by atoms with Crippen LogP contribution in [0.3, 0.4) is 0 Å². The zero-order valence-electron chi connectivity index (χ0n) is 14.6. The summed E-state index contributed by atoms with van der Waals surface area (Å²) in [6.07, 6.45) is 3.80. The van der Waals surface area contributed by atoms with Crippen LogP contribution in [-0.4, -0.2) is 65.7 Å². The molecular weight excluding hydrogens is 296 g/mol. The van der Waals surface area contributed by atoms with Crippen molar-refractivity contribution < 1.29 is 13.3 Å². The van der Waals surface area contributed by atoms with Crippen molar-refractivity contribution in [2.24, 2.45) is 5.92 Å². The summed E-state index contributed by atoms with van der Waals surface area (Å²) in [5, 5.41) is 3.77. The molecule has 3 fully saturated rings. The third kappa shape index (κ3) is 5.01. The SMILES string of the molecule is CCO[Si](CCCN[C@@H]1CN2CCC1CC2)(OCC)OCC. The first-order valence-electron chi connectivity index (χ1n) is 9.10. The van der Waals surface area contributed by atoms with Gasteiger partial charge in [0.2, 0.25) is 0 Å². The summed E-state index contributed by atoms with van der Waals surface area (Å²) in [6.45, 7) is 12.9. The van der Waals surface area contributed by atoms with Crippen LogP contribution >= 0.6 is 0 Å². The summed E-state index contributed by atoms with van der Waals surface area (Å²) in [6, 6.07) is 1.60. The molecule has 0 unspecified atom stereocenters. The molecule has 3 aliphatic rings. The van der Waals surface area contributed by atoms with Crippen molar-refractivity contribution in [2.75, 3.05) is 46.0 Å². The van der Waals surface area contributed by atoms with Crippen LogP contribution in [0.5, 0.6) is 0 Å². The second kappa shape index (κ2) is 9.35. The maximum atomic E-state index is 5.91. The first kappa shape index (κ1) is 18.4. The Labute approximate surface area is 137 Å². The van der Waals surface area contributed by atoms with E-state index in [0.717, 1.165) is 24.9 Å². The van der Waals surface area contributed by atoms with Crippen molar-refractivity contribution in [3.8, 4) is 0 Å². The molecule has 0 aliphatic carbocycles. The molecule has 0 spiro atoms. The molecule has 1 atom stereocenters. The van der Waals surface area contributed by atoms with Gasteiger partial charge in [-0.2, -0.15) is 0 Å². The zero-order chi connectivity index (χ0) is 15.8. The number of hydrogen-bond donors (Lipinski definition) is 1. The normalized spacial score (nSPS) is 28.2. The molecule has 3 saturated heterocycles. The van der Waals surface area contributed by atoms with Gasteiger partial charge in [-0.3, -0.25) is 0 Å². The summed E-state index contributed by atoms with van der Waals surface area (Å²) in [5.41, 5.74) is 0. The van der Waals surface area contributed by atoms with E-state index in [9.17, 15) is 0 Å². The van der Waals surface area contributed by atoms with E-state index in [1.54, 1.807) is 0 Å². The zero-order valence-corrected chi connectivity index (χ0v) is 15.6. The second-order valence-electron chi connectivity index (χ2n) is 6.28. The minimum atomic E-state index is -2.45. The van der Waals surface area contributed by atoms with Crippen LogP contribution in [0, 0.1) is 5.92 Å². The van der Waals surface area contributed by atoms with Gasteiger partial charge in [0.25, 0.3) is 0 Å². The minimum Gasteiger partial charge on any atom is -0.374 e. The molecule has 2 bridgehead atoms. The van der Waals surface area contributed by atoms with E-state index in [2.05, 4.69) is 10.2 Å². The van der Waals surface area contributed by atoms with Gasteiger partial charge < -0.3 is 23.5 Å². The monoisotopic (exact) mass is 330 g/mol. The molecule has 0 amide bonds. The van der Waals surface area contributed by atoms with Crippen molar-refractivity contribution >= 4 is 8.80 Å². The van der Waals surface area contributed by atoms with E-state index in [4.69, 9.17) is 13.3 Å². The van der Waals surface area contributed by atoms with Crippen LogP contribution in [0.25, 0.3) is 0 Å². The molecule has 0 aromatic carbocycles. The largest absolute Gasteiger partial charge is 0.500 e. The van der Waals surface area contributed by atoms with Gasteiger partial charge in [-0.25, -0.2) is 0 Å². The van der Waals surface area contributed by atoms with E-state index in [0.29, 0.717) is 25.9 Å². The Morgan fingerprint density at radius 2 is 1.59 bits per heavy atom. The average Bonchev–Trinajstić information content (AvgIpc) is 2.54. The third-order valence-corrected chi connectivity index (χ3v) is 7.97. The summed E-state index contributed by atoms with van der Waals surface area (Å²) >= 11 is 0. The lowest BCUT2D eigenvalue weighted by Crippen LogP contribution is -2.56. The maximum absolute atomic E-state index is 5.91. The lowest BCUT2D eigenvalue weighted by Gasteiger charge is -2.45. The lowest BCUT2D eigenvalue weighted by atomic mass is 9.84. The summed E-state index contributed by atoms with van der Waals surface area (Å²) in [4.78, 5) is 2.59. The molecule has 0 radical (unpaired) electrons. The first-order chi connectivity index (χ1) is 10.7. The fourth-order valence-electron chi connectivity index (χ4n) is 3.79. The van der Waals surface area contributed by atoms with Crippen LogP contribution in [0.1, 0.15) is 40.0 Å². The van der Waals surface area contributed by atoms with Crippen LogP contribution in [0.15, 0.2) is 0 Å². The summed E-state index contributed by atoms with van der Waals surface area (Å²) in [7, 11) is -2.45. The molecule has 3 rings (SSSR count). The Bertz CT molecular complexity index is 295. The van der Waals surface area contributed by atoms with Crippen LogP contribution in [-0.2, 0) is 13.3 Å². The molecule has 0 saturated carbocycles. The van der Waals surface area contributed by atoms with Crippen molar-refractivity contribution in [3.05, 3.63) is 0 Å². The van der Waals surface area contributed by atoms with Crippen LogP contribution < -0.4 is 5.32 Å². The number of nitrogens with one attached hydrogen (secondary N) is 1. The number of fused-ring (bicyclic) bond motifs is 3. The van der Waals surface area contributed by atoms with Gasteiger partial charge in [-0.1, -0.05) is 0 Å². The summed E-state index contributed by atoms with van der Waals surface area (Å²) in [5.74, 6) is 0.887. The molecule has 3 aliphatic heterocycles. The molecule has 3 heterocycles. The van der Waals surface area contributed by atoms with Crippen molar-refractivity contribution in [1.82, 2.24) is 10.2 Å². The van der Waals surface area contributed by atoms with Gasteiger partial charge in [0.05, 0.1) is 0 Å². The molecule has 6 heteroatoms. The smallest absolute Gasteiger partial charge is 0.374 e. The van der Waals surface area contributed by atoms with E-state index in [-0.39, 0.29) is 0 Å². The number of rotatable bonds is 11. The Hall–Kier alpha value is 0.0169. The highest BCUT2D eigenvalue weighted by Crippen LogP contribution is 2.27. The van der Waals surface area contributed by atoms with Crippen molar-refractivity contribution in [3.63, 3.8) is 0 Å². The van der Waals surface area contributed by atoms with Gasteiger partial charge in [0.15, 0.2) is 0 Å². The molecular formula is C16H34N2O3Si. The fraction of sp³-hybridized carbons (Fsp3) is 1.00. The third-order valence-electron chi connectivity index (χ3n) is 4.82. The molecule has 0 aromatic heterocycles. The predicted octanol–water partition coefficient (Wildman–Crippen LogP) is 2.11. The molecule has 130 valence electrons. The van der Waals surface area contributed by atoms with E-state index >= 15 is 0 Å².